The third kappa shape index (κ3) is 6.48. The number of nitrogens with two attached hydrogens (primary N) is 1. The molecule has 236 valence electrons. The number of fused-ring (bicyclic) bond motifs is 2. The second-order valence-corrected chi connectivity index (χ2v) is 14.6. The van der Waals surface area contributed by atoms with Crippen LogP contribution in [-0.2, 0) is 19.2 Å². The van der Waals surface area contributed by atoms with Gasteiger partial charge in [0.1, 0.15) is 12.1 Å². The fraction of sp³-hybridized carbons (Fsp3) is 0.788. The van der Waals surface area contributed by atoms with Crippen LogP contribution in [-0.4, -0.2) is 64.6 Å². The van der Waals surface area contributed by atoms with E-state index in [2.05, 4.69) is 16.0 Å². The molecule has 5 fully saturated rings. The highest BCUT2D eigenvalue weighted by Gasteiger charge is 2.50. The summed E-state index contributed by atoms with van der Waals surface area (Å²) in [4.78, 5) is 67.1. The molecule has 0 aromatic rings. The summed E-state index contributed by atoms with van der Waals surface area (Å²) in [5.41, 5.74) is 5.11. The van der Waals surface area contributed by atoms with Crippen molar-refractivity contribution in [1.82, 2.24) is 20.9 Å². The Morgan fingerprint density at radius 3 is 2.40 bits per heavy atom. The van der Waals surface area contributed by atoms with Crippen LogP contribution in [0.25, 0.3) is 0 Å². The summed E-state index contributed by atoms with van der Waals surface area (Å²) in [7, 11) is 0. The molecule has 1 heterocycles. The quantitative estimate of drug-likeness (QED) is 0.226. The third-order valence-electron chi connectivity index (χ3n) is 11.8. The maximum atomic E-state index is 14.2. The average molecular weight is 596 g/mol. The van der Waals surface area contributed by atoms with Gasteiger partial charge < -0.3 is 26.6 Å². The predicted molar refractivity (Wildman–Crippen MR) is 160 cm³/mol. The number of Topliss-reactive ketones (excluding diaryl/α,β-unsaturated/α-hetero) is 1. The van der Waals surface area contributed by atoms with Crippen molar-refractivity contribution in [3.05, 3.63) is 12.2 Å². The first-order chi connectivity index (χ1) is 20.7. The van der Waals surface area contributed by atoms with E-state index in [1.54, 1.807) is 12.2 Å². The third-order valence-corrected chi connectivity index (χ3v) is 11.8. The lowest BCUT2D eigenvalue weighted by Gasteiger charge is -2.55. The molecule has 6 rings (SSSR count). The lowest BCUT2D eigenvalue weighted by atomic mass is 9.54. The van der Waals surface area contributed by atoms with Gasteiger partial charge in [-0.25, -0.2) is 4.79 Å². The normalized spacial score (nSPS) is 33.3. The fourth-order valence-corrected chi connectivity index (χ4v) is 9.35. The number of ketones is 1. The fourth-order valence-electron chi connectivity index (χ4n) is 9.35. The predicted octanol–water partition coefficient (Wildman–Crippen LogP) is 3.09. The minimum Gasteiger partial charge on any atom is -0.363 e. The lowest BCUT2D eigenvalue weighted by molar-refractivity contribution is -0.142. The standard InChI is InChI=1S/C33H49N5O5/c34-29(40)28(39)25(17-20-6-4-7-20)35-30(41)26-10-5-15-38(26)31(42)27(23-8-2-1-3-9-23)36-32(43)37-33-14-13-22-12-11-21(18-33)16-24(22)19-33/h5,10,20-27H,1-4,6-9,11-19H2,(H2,34,40)(H,35,41)(H2,36,37,43)/t21?,22?,24?,25?,26-,27-,33?/m0/s1. The molecule has 0 aromatic heterocycles. The first-order valence-corrected chi connectivity index (χ1v) is 16.9. The van der Waals surface area contributed by atoms with Crippen molar-refractivity contribution in [2.75, 3.05) is 6.54 Å². The summed E-state index contributed by atoms with van der Waals surface area (Å²) < 4.78 is 0. The van der Waals surface area contributed by atoms with E-state index < -0.39 is 35.7 Å². The van der Waals surface area contributed by atoms with Gasteiger partial charge in [-0.05, 0) is 87.4 Å². The number of urea groups is 1. The van der Waals surface area contributed by atoms with Crippen LogP contribution < -0.4 is 21.7 Å². The number of amides is 5. The van der Waals surface area contributed by atoms with Gasteiger partial charge in [0.15, 0.2) is 0 Å². The Morgan fingerprint density at radius 2 is 1.67 bits per heavy atom. The zero-order valence-electron chi connectivity index (χ0n) is 25.4. The van der Waals surface area contributed by atoms with Crippen molar-refractivity contribution in [3.63, 3.8) is 0 Å². The second-order valence-electron chi connectivity index (χ2n) is 14.6. The van der Waals surface area contributed by atoms with Gasteiger partial charge in [-0.15, -0.1) is 0 Å². The van der Waals surface area contributed by atoms with Gasteiger partial charge in [-0.2, -0.15) is 0 Å². The number of primary amides is 1. The number of nitrogens with one attached hydrogen (secondary N) is 3. The summed E-state index contributed by atoms with van der Waals surface area (Å²) in [5, 5.41) is 9.23. The number of nitrogens with zero attached hydrogens (tertiary/aromatic N) is 1. The Balaban J connectivity index is 1.14. The number of carbonyl (C=O) groups excluding carboxylic acids is 5. The molecule has 3 bridgehead atoms. The molecule has 5 amide bonds. The molecule has 0 saturated heterocycles. The molecule has 5 saturated carbocycles. The van der Waals surface area contributed by atoms with Crippen molar-refractivity contribution >= 4 is 29.5 Å². The Bertz CT molecular complexity index is 1140. The maximum Gasteiger partial charge on any atom is 0.315 e. The second kappa shape index (κ2) is 12.6. The van der Waals surface area contributed by atoms with Crippen LogP contribution in [0.15, 0.2) is 12.2 Å². The molecule has 0 spiro atoms. The maximum absolute atomic E-state index is 14.2. The number of rotatable bonds is 10. The van der Waals surface area contributed by atoms with Crippen molar-refractivity contribution in [2.24, 2.45) is 35.3 Å². The molecule has 43 heavy (non-hydrogen) atoms. The topological polar surface area (TPSA) is 151 Å². The lowest BCUT2D eigenvalue weighted by Crippen LogP contribution is -2.63. The van der Waals surface area contributed by atoms with E-state index in [0.29, 0.717) is 18.3 Å². The van der Waals surface area contributed by atoms with E-state index in [1.165, 1.54) is 30.6 Å². The van der Waals surface area contributed by atoms with Crippen LogP contribution in [0.2, 0.25) is 0 Å². The minimum absolute atomic E-state index is 0.00177. The molecule has 0 radical (unpaired) electrons. The minimum atomic E-state index is -1.07. The van der Waals surface area contributed by atoms with E-state index >= 15 is 0 Å². The van der Waals surface area contributed by atoms with Crippen molar-refractivity contribution in [1.29, 1.82) is 0 Å². The highest BCUT2D eigenvalue weighted by Crippen LogP contribution is 2.54. The zero-order valence-corrected chi connectivity index (χ0v) is 25.4. The molecule has 7 atom stereocenters. The van der Waals surface area contributed by atoms with Crippen molar-refractivity contribution in [3.8, 4) is 0 Å². The van der Waals surface area contributed by atoms with Gasteiger partial charge in [0, 0.05) is 12.1 Å². The molecule has 1 aliphatic heterocycles. The van der Waals surface area contributed by atoms with Gasteiger partial charge >= 0.3 is 6.03 Å². The van der Waals surface area contributed by atoms with Crippen molar-refractivity contribution in [2.45, 2.75) is 126 Å². The Kier molecular flexibility index (Phi) is 8.83. The summed E-state index contributed by atoms with van der Waals surface area (Å²) >= 11 is 0. The molecule has 5 aliphatic carbocycles. The van der Waals surface area contributed by atoms with E-state index in [0.717, 1.165) is 76.5 Å². The van der Waals surface area contributed by atoms with Crippen molar-refractivity contribution < 1.29 is 24.0 Å². The summed E-state index contributed by atoms with van der Waals surface area (Å²) in [6.45, 7) is 0.245. The first-order valence-electron chi connectivity index (χ1n) is 16.9. The summed E-state index contributed by atoms with van der Waals surface area (Å²) in [6.07, 6.45) is 19.7. The Hall–Kier alpha value is -2.91. The van der Waals surface area contributed by atoms with Crippen LogP contribution >= 0.6 is 0 Å². The Labute approximate surface area is 254 Å². The highest BCUT2D eigenvalue weighted by molar-refractivity contribution is 6.37. The largest absolute Gasteiger partial charge is 0.363 e. The van der Waals surface area contributed by atoms with Crippen LogP contribution in [0.5, 0.6) is 0 Å². The van der Waals surface area contributed by atoms with Gasteiger partial charge in [0.25, 0.3) is 5.91 Å². The molecular weight excluding hydrogens is 546 g/mol. The van der Waals surface area contributed by atoms with E-state index in [1.807, 2.05) is 0 Å². The van der Waals surface area contributed by atoms with E-state index in [-0.39, 0.29) is 35.9 Å². The van der Waals surface area contributed by atoms with Gasteiger partial charge in [0.05, 0.1) is 6.04 Å². The molecule has 10 nitrogen and oxygen atoms in total. The highest BCUT2D eigenvalue weighted by atomic mass is 16.2. The summed E-state index contributed by atoms with van der Waals surface area (Å²) in [6, 6.07) is -2.92. The smallest absolute Gasteiger partial charge is 0.315 e. The molecule has 5 unspecified atom stereocenters. The summed E-state index contributed by atoms with van der Waals surface area (Å²) in [5.74, 6) is -0.218. The number of hydrogen-bond donors (Lipinski definition) is 4. The molecule has 5 N–H and O–H groups in total. The Morgan fingerprint density at radius 1 is 0.884 bits per heavy atom. The number of hydrogen-bond acceptors (Lipinski definition) is 5. The zero-order chi connectivity index (χ0) is 30.1. The SMILES string of the molecule is NC(=O)C(=O)C(CC1CCC1)NC(=O)[C@@H]1C=CCN1C(=O)[C@@H](NC(=O)NC12CCC3CCC(CC3C1)C2)C1CCCCC1. The molecular formula is C33H49N5O5. The monoisotopic (exact) mass is 595 g/mol. The number of carbonyl (C=O) groups is 5. The van der Waals surface area contributed by atoms with Gasteiger partial charge in [-0.1, -0.05) is 57.1 Å². The molecule has 0 aromatic carbocycles. The molecule has 6 aliphatic rings. The van der Waals surface area contributed by atoms with Gasteiger partial charge in [-0.3, -0.25) is 19.2 Å². The van der Waals surface area contributed by atoms with Crippen LogP contribution in [0.4, 0.5) is 4.79 Å². The van der Waals surface area contributed by atoms with Gasteiger partial charge in [0.2, 0.25) is 17.6 Å². The van der Waals surface area contributed by atoms with Crippen LogP contribution in [0, 0.1) is 29.6 Å². The average Bonchev–Trinajstić information content (AvgIpc) is 3.46. The molecule has 10 heteroatoms. The van der Waals surface area contributed by atoms with E-state index in [9.17, 15) is 24.0 Å². The van der Waals surface area contributed by atoms with Crippen LogP contribution in [0.1, 0.15) is 103 Å². The van der Waals surface area contributed by atoms with E-state index in [4.69, 9.17) is 5.73 Å². The van der Waals surface area contributed by atoms with Crippen LogP contribution in [0.3, 0.4) is 0 Å². The first kappa shape index (κ1) is 30.1.